The molecule has 0 bridgehead atoms. The Balaban J connectivity index is 1.45. The molecule has 1 aromatic heterocycles. The van der Waals surface area contributed by atoms with E-state index in [2.05, 4.69) is 15.5 Å². The van der Waals surface area contributed by atoms with E-state index in [4.69, 9.17) is 6.85 Å². The van der Waals surface area contributed by atoms with Crippen LogP contribution in [0.2, 0.25) is 0 Å². The van der Waals surface area contributed by atoms with Crippen molar-refractivity contribution in [2.75, 3.05) is 26.6 Å². The van der Waals surface area contributed by atoms with Crippen LogP contribution < -0.4 is 5.32 Å². The number of phenolic OH excluding ortho intramolecular Hbond substituents is 1. The van der Waals surface area contributed by atoms with Crippen molar-refractivity contribution in [3.63, 3.8) is 0 Å². The first kappa shape index (κ1) is 12.3. The fourth-order valence-corrected chi connectivity index (χ4v) is 4.28. The van der Waals surface area contributed by atoms with E-state index < -0.39 is 19.5 Å². The molecule has 7 heteroatoms. The average Bonchev–Trinajstić information content (AvgIpc) is 3.18. The number of benzene rings is 1. The molecule has 2 aliphatic rings. The lowest BCUT2D eigenvalue weighted by molar-refractivity contribution is 0.202. The van der Waals surface area contributed by atoms with E-state index in [-0.39, 0.29) is 18.3 Å². The Bertz CT molecular complexity index is 1020. The van der Waals surface area contributed by atoms with Gasteiger partial charge >= 0.3 is 0 Å². The average molecular weight is 377 g/mol. The molecule has 2 atom stereocenters. The van der Waals surface area contributed by atoms with Crippen LogP contribution >= 0.6 is 11.3 Å². The van der Waals surface area contributed by atoms with Gasteiger partial charge in [0.1, 0.15) is 5.75 Å². The van der Waals surface area contributed by atoms with Crippen LogP contribution in [-0.2, 0) is 0 Å². The maximum Gasteiger partial charge on any atom is 0.171 e. The molecule has 2 aliphatic heterocycles. The largest absolute Gasteiger partial charge is 0.507 e. The predicted octanol–water partition coefficient (Wildman–Crippen LogP) is 3.88. The van der Waals surface area contributed by atoms with Gasteiger partial charge in [0.05, 0.1) is 0 Å². The van der Waals surface area contributed by atoms with E-state index in [0.717, 1.165) is 16.5 Å². The van der Waals surface area contributed by atoms with Crippen molar-refractivity contribution in [2.45, 2.75) is 31.9 Å². The summed E-state index contributed by atoms with van der Waals surface area (Å²) in [7, 11) is 1.85. The molecule has 3 heterocycles. The summed E-state index contributed by atoms with van der Waals surface area (Å²) >= 11 is 1.57. The third-order valence-corrected chi connectivity index (χ3v) is 5.72. The lowest BCUT2D eigenvalue weighted by Crippen LogP contribution is -2.45. The minimum atomic E-state index is -2.71. The minimum Gasteiger partial charge on any atom is -0.507 e. The third kappa shape index (κ3) is 3.29. The Morgan fingerprint density at radius 1 is 1.46 bits per heavy atom. The number of azo groups is 1. The maximum atomic E-state index is 10.7. The molecule has 1 fully saturated rings. The summed E-state index contributed by atoms with van der Waals surface area (Å²) in [5.41, 5.74) is 0.669. The Morgan fingerprint density at radius 3 is 3.23 bits per heavy atom. The van der Waals surface area contributed by atoms with Gasteiger partial charge in [-0.25, -0.2) is 0 Å². The molecule has 138 valence electrons. The molecule has 1 aromatic carbocycles. The zero-order valence-electron chi connectivity index (χ0n) is 19.5. The summed E-state index contributed by atoms with van der Waals surface area (Å²) < 4.78 is 39.5. The molecule has 4 rings (SSSR count). The van der Waals surface area contributed by atoms with Crippen molar-refractivity contribution in [2.24, 2.45) is 10.2 Å². The molecule has 26 heavy (non-hydrogen) atoms. The number of hydrogen-bond donors (Lipinski definition) is 2. The van der Waals surface area contributed by atoms with Gasteiger partial charge in [-0.2, -0.15) is 5.11 Å². The Morgan fingerprint density at radius 2 is 2.38 bits per heavy atom. The van der Waals surface area contributed by atoms with Crippen molar-refractivity contribution < 1.29 is 12.0 Å². The predicted molar refractivity (Wildman–Crippen MR) is 105 cm³/mol. The van der Waals surface area contributed by atoms with Gasteiger partial charge in [0, 0.05) is 48.3 Å². The number of nitrogens with one attached hydrogen (secondary N) is 1. The Labute approximate surface area is 164 Å². The van der Waals surface area contributed by atoms with Crippen LogP contribution in [0, 0.1) is 0 Å². The summed E-state index contributed by atoms with van der Waals surface area (Å²) in [6, 6.07) is 5.56. The van der Waals surface area contributed by atoms with Gasteiger partial charge in [0.15, 0.2) is 12.0 Å². The summed E-state index contributed by atoms with van der Waals surface area (Å²) in [6.07, 6.45) is 2.81. The van der Waals surface area contributed by atoms with Crippen LogP contribution in [0.25, 0.3) is 10.1 Å². The number of likely N-dealkylation sites (tertiary alicyclic amines) is 1. The minimum absolute atomic E-state index is 0.142. The first-order valence-electron chi connectivity index (χ1n) is 11.1. The van der Waals surface area contributed by atoms with Crippen LogP contribution in [0.4, 0.5) is 0 Å². The number of nitrogens with zero attached hydrogens (tertiary/aromatic N) is 4. The van der Waals surface area contributed by atoms with Gasteiger partial charge in [0.25, 0.3) is 0 Å². The Hall–Kier alpha value is -2.12. The summed E-state index contributed by atoms with van der Waals surface area (Å²) in [4.78, 5) is 3.23. The Kier molecular flexibility index (Phi) is 3.43. The highest BCUT2D eigenvalue weighted by atomic mass is 32.1. The number of aromatic hydroxyl groups is 1. The molecule has 0 radical (unpaired) electrons. The van der Waals surface area contributed by atoms with Gasteiger partial charge in [-0.1, -0.05) is 6.85 Å². The molecule has 2 N–H and O–H groups in total. The summed E-state index contributed by atoms with van der Waals surface area (Å²) in [5, 5.41) is 25.3. The second-order valence-corrected chi connectivity index (χ2v) is 7.59. The molecule has 0 saturated carbocycles. The maximum absolute atomic E-state index is 10.7. The fourth-order valence-electron chi connectivity index (χ4n) is 3.49. The first-order valence-corrected chi connectivity index (χ1v) is 9.51. The smallest absolute Gasteiger partial charge is 0.171 e. The molecule has 0 amide bonds. The highest BCUT2D eigenvalue weighted by molar-refractivity contribution is 7.17. The number of rotatable bonds is 4. The molecule has 2 aromatic rings. The van der Waals surface area contributed by atoms with E-state index >= 15 is 0 Å². The topological polar surface area (TPSA) is 63.5 Å². The van der Waals surface area contributed by atoms with E-state index in [1.807, 2.05) is 35.5 Å². The van der Waals surface area contributed by atoms with Crippen LogP contribution in [0.3, 0.4) is 0 Å². The van der Waals surface area contributed by atoms with E-state index in [1.165, 1.54) is 4.90 Å². The number of hydrogen-bond acceptors (Lipinski definition) is 7. The SMILES string of the molecule is [2H]C([2H])([2H])C([2H])([2H])N1CCCC(NC2=CN(C)[C@@H](c3ccc4sccc4c3O)N=N2)C1. The van der Waals surface area contributed by atoms with Crippen molar-refractivity contribution >= 4 is 21.4 Å². The molecular weight excluding hydrogens is 346 g/mol. The van der Waals surface area contributed by atoms with Crippen LogP contribution in [0.15, 0.2) is 45.8 Å². The molecule has 0 spiro atoms. The monoisotopic (exact) mass is 376 g/mol. The van der Waals surface area contributed by atoms with Crippen LogP contribution in [-0.4, -0.2) is 47.6 Å². The summed E-state index contributed by atoms with van der Waals surface area (Å²) in [6.45, 7) is -4.43. The van der Waals surface area contributed by atoms with Crippen LogP contribution in [0.5, 0.6) is 5.75 Å². The summed E-state index contributed by atoms with van der Waals surface area (Å²) in [5.74, 6) is 0.727. The number of thiophene rings is 1. The first-order chi connectivity index (χ1) is 14.6. The molecule has 1 unspecified atom stereocenters. The van der Waals surface area contributed by atoms with Crippen molar-refractivity contribution in [3.8, 4) is 5.75 Å². The molecule has 0 aliphatic carbocycles. The highest BCUT2D eigenvalue weighted by Crippen LogP contribution is 2.38. The van der Waals surface area contributed by atoms with Gasteiger partial charge in [-0.05, 0) is 49.5 Å². The number of piperidine rings is 1. The second kappa shape index (κ2) is 7.25. The second-order valence-electron chi connectivity index (χ2n) is 6.65. The van der Waals surface area contributed by atoms with E-state index in [1.54, 1.807) is 17.5 Å². The normalized spacial score (nSPS) is 28.0. The van der Waals surface area contributed by atoms with E-state index in [9.17, 15) is 5.11 Å². The highest BCUT2D eigenvalue weighted by Gasteiger charge is 2.25. The van der Waals surface area contributed by atoms with Crippen molar-refractivity contribution in [3.05, 3.63) is 41.2 Å². The number of likely N-dealkylation sites (N-methyl/N-ethyl adjacent to an activating group) is 1. The van der Waals surface area contributed by atoms with Crippen molar-refractivity contribution in [1.29, 1.82) is 0 Å². The standard InChI is InChI=1S/C19H25N5OS/c1-3-24-9-4-5-13(11-24)20-17-12-23(2)19(22-21-17)15-6-7-16-14(18(15)25)8-10-26-16/h6-8,10,12-13,19-20,25H,3-5,9,11H2,1-2H3/t13?,19-/m0/s1/i1D3,3D2. The quantitative estimate of drug-likeness (QED) is 0.850. The van der Waals surface area contributed by atoms with Gasteiger partial charge in [-0.3, -0.25) is 0 Å². The third-order valence-electron chi connectivity index (χ3n) is 4.83. The number of phenols is 1. The lowest BCUT2D eigenvalue weighted by Gasteiger charge is -2.34. The van der Waals surface area contributed by atoms with Gasteiger partial charge in [-0.15, -0.1) is 16.5 Å². The molecular formula is C19H25N5OS. The zero-order chi connectivity index (χ0) is 22.4. The van der Waals surface area contributed by atoms with Gasteiger partial charge < -0.3 is 20.2 Å². The lowest BCUT2D eigenvalue weighted by atomic mass is 10.1. The van der Waals surface area contributed by atoms with E-state index in [0.29, 0.717) is 24.4 Å². The fraction of sp³-hybridized carbons (Fsp3) is 0.474. The van der Waals surface area contributed by atoms with Crippen LogP contribution in [0.1, 0.15) is 38.3 Å². The molecule has 1 saturated heterocycles. The number of fused-ring (bicyclic) bond motifs is 1. The molecule has 6 nitrogen and oxygen atoms in total. The zero-order valence-corrected chi connectivity index (χ0v) is 15.3. The van der Waals surface area contributed by atoms with Crippen molar-refractivity contribution in [1.82, 2.24) is 15.1 Å². The van der Waals surface area contributed by atoms with Gasteiger partial charge in [0.2, 0.25) is 0 Å².